The monoisotopic (exact) mass is 238 g/mol. The largest absolute Gasteiger partial charge is 0.383 e. The van der Waals surface area contributed by atoms with Gasteiger partial charge in [0, 0.05) is 19.7 Å². The van der Waals surface area contributed by atoms with Crippen LogP contribution in [0.5, 0.6) is 0 Å². The number of rotatable bonds is 5. The Morgan fingerprint density at radius 3 is 2.71 bits per heavy atom. The SMILES string of the molecule is CCCN(CC(=O)NC)c1cc(N)nc(N)n1. The Morgan fingerprint density at radius 2 is 2.18 bits per heavy atom. The zero-order valence-corrected chi connectivity index (χ0v) is 10.1. The molecule has 17 heavy (non-hydrogen) atoms. The molecule has 0 saturated heterocycles. The third-order valence-electron chi connectivity index (χ3n) is 2.18. The Labute approximate surface area is 100 Å². The van der Waals surface area contributed by atoms with Crippen LogP contribution in [-0.4, -0.2) is 36.0 Å². The van der Waals surface area contributed by atoms with E-state index in [1.807, 2.05) is 11.8 Å². The fourth-order valence-electron chi connectivity index (χ4n) is 1.43. The van der Waals surface area contributed by atoms with Crippen LogP contribution >= 0.6 is 0 Å². The molecule has 0 aliphatic rings. The van der Waals surface area contributed by atoms with Crippen LogP contribution in [0.2, 0.25) is 0 Å². The summed E-state index contributed by atoms with van der Waals surface area (Å²) in [4.78, 5) is 21.1. The van der Waals surface area contributed by atoms with E-state index in [0.717, 1.165) is 6.42 Å². The number of nitrogen functional groups attached to an aromatic ring is 2. The van der Waals surface area contributed by atoms with Gasteiger partial charge < -0.3 is 21.7 Å². The number of likely N-dealkylation sites (N-methyl/N-ethyl adjacent to an activating group) is 1. The zero-order chi connectivity index (χ0) is 12.8. The molecule has 0 aromatic carbocycles. The molecule has 0 spiro atoms. The summed E-state index contributed by atoms with van der Waals surface area (Å²) in [6, 6.07) is 1.61. The Hall–Kier alpha value is -2.05. The summed E-state index contributed by atoms with van der Waals surface area (Å²) in [5, 5.41) is 2.57. The van der Waals surface area contributed by atoms with Crippen molar-refractivity contribution in [1.29, 1.82) is 0 Å². The first-order valence-corrected chi connectivity index (χ1v) is 5.42. The van der Waals surface area contributed by atoms with Crippen molar-refractivity contribution < 1.29 is 4.79 Å². The fourth-order valence-corrected chi connectivity index (χ4v) is 1.43. The average molecular weight is 238 g/mol. The minimum Gasteiger partial charge on any atom is -0.383 e. The van der Waals surface area contributed by atoms with Crippen LogP contribution < -0.4 is 21.7 Å². The van der Waals surface area contributed by atoms with Crippen molar-refractivity contribution in [2.45, 2.75) is 13.3 Å². The predicted molar refractivity (Wildman–Crippen MR) is 67.4 cm³/mol. The van der Waals surface area contributed by atoms with Crippen molar-refractivity contribution in [3.63, 3.8) is 0 Å². The Balaban J connectivity index is 2.91. The molecule has 0 fully saturated rings. The van der Waals surface area contributed by atoms with Crippen LogP contribution in [0.3, 0.4) is 0 Å². The van der Waals surface area contributed by atoms with E-state index < -0.39 is 0 Å². The Morgan fingerprint density at radius 1 is 1.47 bits per heavy atom. The van der Waals surface area contributed by atoms with Crippen LogP contribution in [0.15, 0.2) is 6.07 Å². The number of nitrogens with two attached hydrogens (primary N) is 2. The van der Waals surface area contributed by atoms with Crippen molar-refractivity contribution >= 4 is 23.5 Å². The summed E-state index contributed by atoms with van der Waals surface area (Å²) in [7, 11) is 1.59. The minimum atomic E-state index is -0.0887. The molecule has 0 bridgehead atoms. The highest BCUT2D eigenvalue weighted by molar-refractivity contribution is 5.80. The van der Waals surface area contributed by atoms with Crippen molar-refractivity contribution in [1.82, 2.24) is 15.3 Å². The number of nitrogens with zero attached hydrogens (tertiary/aromatic N) is 3. The molecule has 0 atom stereocenters. The van der Waals surface area contributed by atoms with Crippen LogP contribution in [0.1, 0.15) is 13.3 Å². The molecule has 5 N–H and O–H groups in total. The van der Waals surface area contributed by atoms with Crippen LogP contribution in [0, 0.1) is 0 Å². The number of carbonyl (C=O) groups is 1. The third kappa shape index (κ3) is 3.78. The highest BCUT2D eigenvalue weighted by atomic mass is 16.1. The van der Waals surface area contributed by atoms with Crippen LogP contribution in [0.4, 0.5) is 17.6 Å². The van der Waals surface area contributed by atoms with E-state index in [4.69, 9.17) is 11.5 Å². The second-order valence-corrected chi connectivity index (χ2v) is 3.60. The van der Waals surface area contributed by atoms with Gasteiger partial charge in [0.1, 0.15) is 11.6 Å². The summed E-state index contributed by atoms with van der Waals surface area (Å²) in [5.41, 5.74) is 11.1. The van der Waals surface area contributed by atoms with E-state index in [1.54, 1.807) is 13.1 Å². The van der Waals surface area contributed by atoms with E-state index in [9.17, 15) is 4.79 Å². The molecule has 1 rings (SSSR count). The second-order valence-electron chi connectivity index (χ2n) is 3.60. The summed E-state index contributed by atoms with van der Waals surface area (Å²) < 4.78 is 0. The lowest BCUT2D eigenvalue weighted by atomic mass is 10.3. The molecule has 7 nitrogen and oxygen atoms in total. The molecule has 7 heteroatoms. The number of nitrogens with one attached hydrogen (secondary N) is 1. The summed E-state index contributed by atoms with van der Waals surface area (Å²) in [6.45, 7) is 2.94. The second kappa shape index (κ2) is 5.88. The lowest BCUT2D eigenvalue weighted by Gasteiger charge is -2.22. The lowest BCUT2D eigenvalue weighted by Crippen LogP contribution is -2.36. The van der Waals surface area contributed by atoms with Gasteiger partial charge in [0.25, 0.3) is 0 Å². The highest BCUT2D eigenvalue weighted by Gasteiger charge is 2.12. The first-order valence-electron chi connectivity index (χ1n) is 5.42. The van der Waals surface area contributed by atoms with Crippen LogP contribution in [0.25, 0.3) is 0 Å². The predicted octanol–water partition coefficient (Wildman–Crippen LogP) is -0.397. The average Bonchev–Trinajstić information content (AvgIpc) is 2.27. The zero-order valence-electron chi connectivity index (χ0n) is 10.1. The smallest absolute Gasteiger partial charge is 0.239 e. The summed E-state index contributed by atoms with van der Waals surface area (Å²) in [6.07, 6.45) is 0.890. The van der Waals surface area contributed by atoms with Gasteiger partial charge in [0.2, 0.25) is 11.9 Å². The number of aromatic nitrogens is 2. The van der Waals surface area contributed by atoms with Gasteiger partial charge >= 0.3 is 0 Å². The van der Waals surface area contributed by atoms with E-state index in [1.165, 1.54) is 0 Å². The van der Waals surface area contributed by atoms with Crippen LogP contribution in [-0.2, 0) is 4.79 Å². The van der Waals surface area contributed by atoms with Gasteiger partial charge in [-0.3, -0.25) is 4.79 Å². The molecular weight excluding hydrogens is 220 g/mol. The third-order valence-corrected chi connectivity index (χ3v) is 2.18. The molecule has 1 aromatic rings. The first kappa shape index (κ1) is 13.0. The number of amides is 1. The van der Waals surface area contributed by atoms with Crippen molar-refractivity contribution in [3.05, 3.63) is 6.07 Å². The van der Waals surface area contributed by atoms with Gasteiger partial charge in [0.05, 0.1) is 6.54 Å². The van der Waals surface area contributed by atoms with Gasteiger partial charge in [-0.15, -0.1) is 0 Å². The maximum absolute atomic E-state index is 11.4. The molecule has 0 unspecified atom stereocenters. The maximum atomic E-state index is 11.4. The van der Waals surface area contributed by atoms with E-state index in [2.05, 4.69) is 15.3 Å². The number of anilines is 3. The number of hydrogen-bond donors (Lipinski definition) is 3. The minimum absolute atomic E-state index is 0.0887. The van der Waals surface area contributed by atoms with E-state index in [0.29, 0.717) is 18.2 Å². The molecule has 1 amide bonds. The highest BCUT2D eigenvalue weighted by Crippen LogP contribution is 2.15. The fraction of sp³-hybridized carbons (Fsp3) is 0.500. The maximum Gasteiger partial charge on any atom is 0.239 e. The van der Waals surface area contributed by atoms with Gasteiger partial charge in [0.15, 0.2) is 0 Å². The van der Waals surface area contributed by atoms with Gasteiger partial charge in [-0.25, -0.2) is 0 Å². The normalized spacial score (nSPS) is 10.0. The Kier molecular flexibility index (Phi) is 4.50. The quantitative estimate of drug-likeness (QED) is 0.644. The van der Waals surface area contributed by atoms with Crippen molar-refractivity contribution in [2.24, 2.45) is 0 Å². The molecule has 0 aliphatic heterocycles. The molecule has 0 radical (unpaired) electrons. The molecule has 0 saturated carbocycles. The van der Waals surface area contributed by atoms with Crippen molar-refractivity contribution in [2.75, 3.05) is 36.5 Å². The molecule has 1 heterocycles. The molecule has 94 valence electrons. The number of hydrogen-bond acceptors (Lipinski definition) is 6. The Bertz CT molecular complexity index is 374. The molecular formula is C10H18N6O. The standard InChI is InChI=1S/C10H18N6O/c1-3-4-16(6-9(17)13-2)8-5-7(11)14-10(12)15-8/h5H,3-4,6H2,1-2H3,(H,13,17)(H4,11,12,14,15). The topological polar surface area (TPSA) is 110 Å². The van der Waals surface area contributed by atoms with Gasteiger partial charge in [-0.05, 0) is 6.42 Å². The van der Waals surface area contributed by atoms with Gasteiger partial charge in [-0.1, -0.05) is 6.92 Å². The van der Waals surface area contributed by atoms with Crippen molar-refractivity contribution in [3.8, 4) is 0 Å². The summed E-state index contributed by atoms with van der Waals surface area (Å²) >= 11 is 0. The molecule has 0 aliphatic carbocycles. The molecule has 1 aromatic heterocycles. The first-order chi connectivity index (χ1) is 8.06. The summed E-state index contributed by atoms with van der Waals surface area (Å²) in [5.74, 6) is 0.887. The van der Waals surface area contributed by atoms with E-state index in [-0.39, 0.29) is 18.4 Å². The van der Waals surface area contributed by atoms with Gasteiger partial charge in [-0.2, -0.15) is 9.97 Å². The van der Waals surface area contributed by atoms with E-state index >= 15 is 0 Å². The lowest BCUT2D eigenvalue weighted by molar-refractivity contribution is -0.119. The number of carbonyl (C=O) groups excluding carboxylic acids is 1.